The molecule has 3 rings (SSSR count). The fraction of sp³-hybridized carbons (Fsp3) is 0.667. The zero-order valence-electron chi connectivity index (χ0n) is 13.4. The molecule has 0 bridgehead atoms. The van der Waals surface area contributed by atoms with Crippen LogP contribution in [0.5, 0.6) is 0 Å². The van der Waals surface area contributed by atoms with E-state index in [1.165, 1.54) is 0 Å². The van der Waals surface area contributed by atoms with Crippen LogP contribution in [0.15, 0.2) is 12.3 Å². The summed E-state index contributed by atoms with van der Waals surface area (Å²) in [5.41, 5.74) is -1.19. The first kappa shape index (κ1) is 16.9. The van der Waals surface area contributed by atoms with Gasteiger partial charge in [0.15, 0.2) is 0 Å². The molecule has 3 heterocycles. The number of carbonyl (C=O) groups is 1. The summed E-state index contributed by atoms with van der Waals surface area (Å²) >= 11 is 0. The van der Waals surface area contributed by atoms with Crippen molar-refractivity contribution in [2.45, 2.75) is 31.0 Å². The number of anilines is 1. The molecule has 132 valence electrons. The van der Waals surface area contributed by atoms with Crippen molar-refractivity contribution < 1.29 is 18.0 Å². The predicted molar refractivity (Wildman–Crippen MR) is 81.5 cm³/mol. The van der Waals surface area contributed by atoms with Crippen LogP contribution in [0.3, 0.4) is 0 Å². The van der Waals surface area contributed by atoms with Crippen LogP contribution in [-0.2, 0) is 11.0 Å². The Labute approximate surface area is 138 Å². The van der Waals surface area contributed by atoms with Crippen LogP contribution in [-0.4, -0.2) is 59.5 Å². The molecule has 0 radical (unpaired) electrons. The first-order valence-corrected chi connectivity index (χ1v) is 7.93. The van der Waals surface area contributed by atoms with E-state index >= 15 is 0 Å². The molecule has 1 aromatic rings. The van der Waals surface area contributed by atoms with Gasteiger partial charge in [0, 0.05) is 44.3 Å². The topological polar surface area (TPSA) is 61.4 Å². The molecule has 2 saturated heterocycles. The molecule has 1 spiro atoms. The summed E-state index contributed by atoms with van der Waals surface area (Å²) in [5, 5.41) is 2.86. The van der Waals surface area contributed by atoms with E-state index in [2.05, 4.69) is 20.2 Å². The average molecular weight is 343 g/mol. The zero-order valence-corrected chi connectivity index (χ0v) is 13.4. The van der Waals surface area contributed by atoms with Gasteiger partial charge in [-0.25, -0.2) is 9.97 Å². The van der Waals surface area contributed by atoms with Gasteiger partial charge in [0.1, 0.15) is 5.69 Å². The number of hydrogen-bond acceptors (Lipinski definition) is 5. The van der Waals surface area contributed by atoms with Crippen LogP contribution in [0.1, 0.15) is 25.0 Å². The highest BCUT2D eigenvalue weighted by Gasteiger charge is 2.42. The second-order valence-corrected chi connectivity index (χ2v) is 6.41. The van der Waals surface area contributed by atoms with Gasteiger partial charge in [-0.15, -0.1) is 0 Å². The van der Waals surface area contributed by atoms with Crippen molar-refractivity contribution in [3.8, 4) is 0 Å². The standard InChI is InChI=1S/C15H20F3N5O/c1-22-8-9-23(10-14(22)4-2-12(24)19-7-5-14)13-20-6-3-11(21-13)15(16,17)18/h3,6H,2,4-5,7-10H2,1H3,(H,19,24)/t14-/m1/s1. The van der Waals surface area contributed by atoms with Gasteiger partial charge in [-0.2, -0.15) is 13.2 Å². The maximum Gasteiger partial charge on any atom is 0.433 e. The minimum atomic E-state index is -4.49. The quantitative estimate of drug-likeness (QED) is 0.833. The van der Waals surface area contributed by atoms with Crippen molar-refractivity contribution in [2.75, 3.05) is 38.1 Å². The highest BCUT2D eigenvalue weighted by atomic mass is 19.4. The Morgan fingerprint density at radius 1 is 1.29 bits per heavy atom. The lowest BCUT2D eigenvalue weighted by atomic mass is 9.86. The Balaban J connectivity index is 1.84. The first-order chi connectivity index (χ1) is 11.3. The van der Waals surface area contributed by atoms with E-state index in [1.807, 2.05) is 7.05 Å². The molecule has 24 heavy (non-hydrogen) atoms. The Morgan fingerprint density at radius 3 is 2.83 bits per heavy atom. The molecule has 1 aromatic heterocycles. The maximum atomic E-state index is 12.9. The van der Waals surface area contributed by atoms with Crippen LogP contribution in [0, 0.1) is 0 Å². The van der Waals surface area contributed by atoms with Crippen LogP contribution in [0.25, 0.3) is 0 Å². The molecule has 2 aliphatic heterocycles. The van der Waals surface area contributed by atoms with Crippen LogP contribution < -0.4 is 10.2 Å². The van der Waals surface area contributed by atoms with Gasteiger partial charge in [-0.05, 0) is 26.0 Å². The number of halogens is 3. The summed E-state index contributed by atoms with van der Waals surface area (Å²) in [5.74, 6) is 0.119. The smallest absolute Gasteiger partial charge is 0.356 e. The first-order valence-electron chi connectivity index (χ1n) is 7.93. The van der Waals surface area contributed by atoms with Gasteiger partial charge in [0.2, 0.25) is 11.9 Å². The Kier molecular flexibility index (Phi) is 4.37. The molecule has 2 fully saturated rings. The number of carbonyl (C=O) groups excluding carboxylic acids is 1. The average Bonchev–Trinajstić information content (AvgIpc) is 2.72. The highest BCUT2D eigenvalue weighted by molar-refractivity contribution is 5.76. The molecule has 0 aliphatic carbocycles. The van der Waals surface area contributed by atoms with E-state index in [1.54, 1.807) is 4.90 Å². The van der Waals surface area contributed by atoms with Crippen molar-refractivity contribution in [3.05, 3.63) is 18.0 Å². The van der Waals surface area contributed by atoms with Crippen LogP contribution in [0.4, 0.5) is 19.1 Å². The number of hydrogen-bond donors (Lipinski definition) is 1. The molecule has 0 aromatic carbocycles. The molecule has 9 heteroatoms. The van der Waals surface area contributed by atoms with Gasteiger partial charge in [-0.3, -0.25) is 9.69 Å². The largest absolute Gasteiger partial charge is 0.433 e. The lowest BCUT2D eigenvalue weighted by Crippen LogP contribution is -2.61. The number of amides is 1. The van der Waals surface area contributed by atoms with Gasteiger partial charge in [-0.1, -0.05) is 0 Å². The van der Waals surface area contributed by atoms with Gasteiger partial charge < -0.3 is 10.2 Å². The van der Waals surface area contributed by atoms with Crippen molar-refractivity contribution in [3.63, 3.8) is 0 Å². The molecule has 0 saturated carbocycles. The van der Waals surface area contributed by atoms with Gasteiger partial charge in [0.05, 0.1) is 0 Å². The molecular formula is C15H20F3N5O. The molecule has 1 N–H and O–H groups in total. The minimum Gasteiger partial charge on any atom is -0.356 e. The Bertz CT molecular complexity index is 623. The summed E-state index contributed by atoms with van der Waals surface area (Å²) < 4.78 is 38.6. The number of nitrogens with zero attached hydrogens (tertiary/aromatic N) is 4. The molecule has 0 unspecified atom stereocenters. The van der Waals surface area contributed by atoms with Gasteiger partial charge >= 0.3 is 6.18 Å². The van der Waals surface area contributed by atoms with E-state index in [0.717, 1.165) is 18.7 Å². The lowest BCUT2D eigenvalue weighted by molar-refractivity contribution is -0.141. The van der Waals surface area contributed by atoms with Crippen LogP contribution in [0.2, 0.25) is 0 Å². The highest BCUT2D eigenvalue weighted by Crippen LogP contribution is 2.33. The third-order valence-electron chi connectivity index (χ3n) is 4.95. The number of piperazine rings is 1. The monoisotopic (exact) mass is 343 g/mol. The third-order valence-corrected chi connectivity index (χ3v) is 4.95. The summed E-state index contributed by atoms with van der Waals surface area (Å²) in [6, 6.07) is 0.879. The number of alkyl halides is 3. The summed E-state index contributed by atoms with van der Waals surface area (Å²) in [4.78, 5) is 23.4. The lowest BCUT2D eigenvalue weighted by Gasteiger charge is -2.49. The molecule has 6 nitrogen and oxygen atoms in total. The third kappa shape index (κ3) is 3.31. The maximum absolute atomic E-state index is 12.9. The normalized spacial score (nSPS) is 26.3. The summed E-state index contributed by atoms with van der Waals surface area (Å²) in [7, 11) is 2.00. The fourth-order valence-corrected chi connectivity index (χ4v) is 3.43. The number of likely N-dealkylation sites (N-methyl/N-ethyl adjacent to an activating group) is 1. The predicted octanol–water partition coefficient (Wildman–Crippen LogP) is 1.29. The second-order valence-electron chi connectivity index (χ2n) is 6.41. The van der Waals surface area contributed by atoms with E-state index < -0.39 is 11.9 Å². The Hall–Kier alpha value is -1.90. The number of rotatable bonds is 1. The minimum absolute atomic E-state index is 0.0210. The molecule has 1 amide bonds. The molecule has 1 atom stereocenters. The Morgan fingerprint density at radius 2 is 2.08 bits per heavy atom. The van der Waals surface area contributed by atoms with Crippen molar-refractivity contribution in [2.24, 2.45) is 0 Å². The summed E-state index contributed by atoms with van der Waals surface area (Å²) in [6.07, 6.45) is -1.49. The van der Waals surface area contributed by atoms with E-state index in [0.29, 0.717) is 39.0 Å². The summed E-state index contributed by atoms with van der Waals surface area (Å²) in [6.45, 7) is 2.33. The molecule has 2 aliphatic rings. The fourth-order valence-electron chi connectivity index (χ4n) is 3.43. The molecular weight excluding hydrogens is 323 g/mol. The van der Waals surface area contributed by atoms with Crippen LogP contribution >= 0.6 is 0 Å². The van der Waals surface area contributed by atoms with Gasteiger partial charge in [0.25, 0.3) is 0 Å². The zero-order chi connectivity index (χ0) is 17.4. The van der Waals surface area contributed by atoms with Crippen molar-refractivity contribution in [1.29, 1.82) is 0 Å². The van der Waals surface area contributed by atoms with E-state index in [9.17, 15) is 18.0 Å². The number of nitrogens with one attached hydrogen (secondary N) is 1. The number of aromatic nitrogens is 2. The van der Waals surface area contributed by atoms with E-state index in [-0.39, 0.29) is 17.4 Å². The van der Waals surface area contributed by atoms with Crippen molar-refractivity contribution in [1.82, 2.24) is 20.2 Å². The van der Waals surface area contributed by atoms with Crippen molar-refractivity contribution >= 4 is 11.9 Å². The SMILES string of the molecule is CN1CCN(c2nccc(C(F)(F)F)n2)C[C@@]12CCNC(=O)CC2. The van der Waals surface area contributed by atoms with E-state index in [4.69, 9.17) is 0 Å². The second kappa shape index (κ2) is 6.19.